The quantitative estimate of drug-likeness (QED) is 0.893. The van der Waals surface area contributed by atoms with E-state index in [-0.39, 0.29) is 6.54 Å². The number of halogens is 1. The molecule has 0 aliphatic rings. The molecule has 1 aromatic carbocycles. The first-order valence-electron chi connectivity index (χ1n) is 6.12. The van der Waals surface area contributed by atoms with E-state index < -0.39 is 6.10 Å². The van der Waals surface area contributed by atoms with Crippen LogP contribution < -0.4 is 10.5 Å². The van der Waals surface area contributed by atoms with Crippen LogP contribution in [0.2, 0.25) is 0 Å². The lowest BCUT2D eigenvalue weighted by atomic mass is 10.1. The summed E-state index contributed by atoms with van der Waals surface area (Å²) < 4.78 is 6.27. The van der Waals surface area contributed by atoms with Gasteiger partial charge in [0.1, 0.15) is 11.9 Å². The Balaban J connectivity index is 2.57. The highest BCUT2D eigenvalue weighted by molar-refractivity contribution is 9.10. The number of rotatable bonds is 4. The van der Waals surface area contributed by atoms with Gasteiger partial charge in [0.25, 0.3) is 0 Å². The molecule has 6 heteroatoms. The molecule has 0 saturated heterocycles. The molecule has 2 aromatic rings. The zero-order valence-electron chi connectivity index (χ0n) is 11.3. The van der Waals surface area contributed by atoms with Crippen molar-refractivity contribution < 1.29 is 9.84 Å². The van der Waals surface area contributed by atoms with Crippen molar-refractivity contribution >= 4 is 15.9 Å². The lowest BCUT2D eigenvalue weighted by molar-refractivity contribution is 0.176. The maximum absolute atomic E-state index is 9.82. The van der Waals surface area contributed by atoms with Crippen LogP contribution in [0.25, 0.3) is 11.3 Å². The first-order chi connectivity index (χ1) is 9.55. The Bertz CT molecular complexity index is 619. The molecule has 0 saturated carbocycles. The highest BCUT2D eigenvalue weighted by Gasteiger charge is 2.14. The van der Waals surface area contributed by atoms with Crippen LogP contribution >= 0.6 is 15.9 Å². The molecular weight excluding hydrogens is 322 g/mol. The van der Waals surface area contributed by atoms with E-state index in [2.05, 4.69) is 25.9 Å². The number of ether oxygens (including phenoxy) is 1. The molecule has 1 atom stereocenters. The maximum Gasteiger partial charge on any atom is 0.159 e. The first kappa shape index (κ1) is 14.9. The van der Waals surface area contributed by atoms with Crippen LogP contribution in [0.4, 0.5) is 0 Å². The van der Waals surface area contributed by atoms with Gasteiger partial charge in [-0.05, 0) is 31.2 Å². The molecule has 0 bridgehead atoms. The van der Waals surface area contributed by atoms with E-state index in [0.717, 1.165) is 15.7 Å². The minimum absolute atomic E-state index is 0.0819. The molecule has 0 aliphatic carbocycles. The van der Waals surface area contributed by atoms with E-state index in [9.17, 15) is 5.11 Å². The predicted octanol–water partition coefficient (Wildman–Crippen LogP) is 2.22. The van der Waals surface area contributed by atoms with Crippen LogP contribution in [0.3, 0.4) is 0 Å². The van der Waals surface area contributed by atoms with Crippen LogP contribution in [-0.4, -0.2) is 28.7 Å². The zero-order valence-corrected chi connectivity index (χ0v) is 12.9. The van der Waals surface area contributed by atoms with E-state index in [1.807, 2.05) is 31.2 Å². The van der Waals surface area contributed by atoms with Crippen LogP contribution in [0.5, 0.6) is 5.75 Å². The number of benzene rings is 1. The van der Waals surface area contributed by atoms with Crippen molar-refractivity contribution in [1.29, 1.82) is 0 Å². The lowest BCUT2D eigenvalue weighted by Gasteiger charge is -2.12. The average molecular weight is 338 g/mol. The van der Waals surface area contributed by atoms with Crippen LogP contribution in [0, 0.1) is 6.92 Å². The van der Waals surface area contributed by atoms with Crippen molar-refractivity contribution in [1.82, 2.24) is 9.97 Å². The monoisotopic (exact) mass is 337 g/mol. The third-order valence-corrected chi connectivity index (χ3v) is 3.32. The molecule has 2 rings (SSSR count). The number of aliphatic hydroxyl groups is 1. The van der Waals surface area contributed by atoms with E-state index in [1.165, 1.54) is 0 Å². The summed E-state index contributed by atoms with van der Waals surface area (Å²) in [4.78, 5) is 8.60. The molecule has 0 fully saturated rings. The molecular formula is C14H16BrN3O2. The second kappa shape index (κ2) is 6.30. The number of nitrogens with zero attached hydrogens (tertiary/aromatic N) is 2. The Morgan fingerprint density at radius 2 is 2.10 bits per heavy atom. The first-order valence-corrected chi connectivity index (χ1v) is 6.92. The van der Waals surface area contributed by atoms with Gasteiger partial charge in [-0.1, -0.05) is 15.9 Å². The minimum Gasteiger partial charge on any atom is -0.496 e. The molecule has 0 aliphatic heterocycles. The molecule has 1 heterocycles. The molecule has 0 spiro atoms. The topological polar surface area (TPSA) is 81.3 Å². The van der Waals surface area contributed by atoms with Crippen LogP contribution in [0.1, 0.15) is 17.6 Å². The summed E-state index contributed by atoms with van der Waals surface area (Å²) >= 11 is 3.43. The van der Waals surface area contributed by atoms with Crippen molar-refractivity contribution in [2.24, 2.45) is 5.73 Å². The molecule has 1 aromatic heterocycles. The Kier molecular flexibility index (Phi) is 4.69. The molecule has 3 N–H and O–H groups in total. The van der Waals surface area contributed by atoms with Gasteiger partial charge in [0.2, 0.25) is 0 Å². The standard InChI is InChI=1S/C14H16BrN3O2/c1-8-5-11(18-14(17-8)12(19)7-16)10-6-9(15)3-4-13(10)20-2/h3-6,12,19H,7,16H2,1-2H3. The number of hydrogen-bond donors (Lipinski definition) is 2. The molecule has 0 amide bonds. The van der Waals surface area contributed by atoms with Gasteiger partial charge in [0, 0.05) is 22.3 Å². The number of nitrogens with two attached hydrogens (primary N) is 1. The average Bonchev–Trinajstić information content (AvgIpc) is 2.45. The molecule has 1 unspecified atom stereocenters. The maximum atomic E-state index is 9.82. The normalized spacial score (nSPS) is 12.2. The SMILES string of the molecule is COc1ccc(Br)cc1-c1cc(C)nc(C(O)CN)n1. The van der Waals surface area contributed by atoms with E-state index in [0.29, 0.717) is 17.3 Å². The smallest absolute Gasteiger partial charge is 0.159 e. The number of aliphatic hydroxyl groups excluding tert-OH is 1. The summed E-state index contributed by atoms with van der Waals surface area (Å²) in [6, 6.07) is 7.51. The third-order valence-electron chi connectivity index (χ3n) is 2.83. The fraction of sp³-hybridized carbons (Fsp3) is 0.286. The van der Waals surface area contributed by atoms with E-state index in [1.54, 1.807) is 7.11 Å². The number of aryl methyl sites for hydroxylation is 1. The van der Waals surface area contributed by atoms with Crippen molar-refractivity contribution in [3.8, 4) is 17.0 Å². The van der Waals surface area contributed by atoms with Crippen molar-refractivity contribution in [2.75, 3.05) is 13.7 Å². The van der Waals surface area contributed by atoms with E-state index >= 15 is 0 Å². The zero-order chi connectivity index (χ0) is 14.7. The summed E-state index contributed by atoms with van der Waals surface area (Å²) in [6.45, 7) is 1.93. The van der Waals surface area contributed by atoms with Crippen LogP contribution in [-0.2, 0) is 0 Å². The van der Waals surface area contributed by atoms with Gasteiger partial charge in [-0.2, -0.15) is 0 Å². The fourth-order valence-electron chi connectivity index (χ4n) is 1.86. The number of methoxy groups -OCH3 is 1. The lowest BCUT2D eigenvalue weighted by Crippen LogP contribution is -2.15. The Labute approximate surface area is 126 Å². The third kappa shape index (κ3) is 3.15. The summed E-state index contributed by atoms with van der Waals surface area (Å²) in [7, 11) is 1.61. The van der Waals surface area contributed by atoms with Crippen LogP contribution in [0.15, 0.2) is 28.7 Å². The molecule has 20 heavy (non-hydrogen) atoms. The van der Waals surface area contributed by atoms with Gasteiger partial charge in [-0.3, -0.25) is 0 Å². The molecule has 0 radical (unpaired) electrons. The fourth-order valence-corrected chi connectivity index (χ4v) is 2.23. The Morgan fingerprint density at radius 1 is 1.35 bits per heavy atom. The second-order valence-corrected chi connectivity index (χ2v) is 5.26. The summed E-state index contributed by atoms with van der Waals surface area (Å²) in [6.07, 6.45) is -0.869. The van der Waals surface area contributed by atoms with Crippen molar-refractivity contribution in [3.63, 3.8) is 0 Å². The van der Waals surface area contributed by atoms with Gasteiger partial charge in [-0.25, -0.2) is 9.97 Å². The summed E-state index contributed by atoms with van der Waals surface area (Å²) in [5, 5.41) is 9.82. The van der Waals surface area contributed by atoms with Gasteiger partial charge in [-0.15, -0.1) is 0 Å². The summed E-state index contributed by atoms with van der Waals surface area (Å²) in [5.41, 5.74) is 7.75. The van der Waals surface area contributed by atoms with Crippen molar-refractivity contribution in [2.45, 2.75) is 13.0 Å². The van der Waals surface area contributed by atoms with Gasteiger partial charge in [0.05, 0.1) is 12.8 Å². The Morgan fingerprint density at radius 3 is 2.75 bits per heavy atom. The van der Waals surface area contributed by atoms with E-state index in [4.69, 9.17) is 10.5 Å². The highest BCUT2D eigenvalue weighted by atomic mass is 79.9. The van der Waals surface area contributed by atoms with Gasteiger partial charge >= 0.3 is 0 Å². The number of hydrogen-bond acceptors (Lipinski definition) is 5. The van der Waals surface area contributed by atoms with Crippen molar-refractivity contribution in [3.05, 3.63) is 40.3 Å². The summed E-state index contributed by atoms with van der Waals surface area (Å²) in [5.74, 6) is 1.03. The van der Waals surface area contributed by atoms with Gasteiger partial charge < -0.3 is 15.6 Å². The predicted molar refractivity (Wildman–Crippen MR) is 80.5 cm³/mol. The number of aromatic nitrogens is 2. The Hall–Kier alpha value is -1.50. The molecule has 106 valence electrons. The largest absolute Gasteiger partial charge is 0.496 e. The minimum atomic E-state index is -0.869. The molecule has 5 nitrogen and oxygen atoms in total. The highest BCUT2D eigenvalue weighted by Crippen LogP contribution is 2.32. The van der Waals surface area contributed by atoms with Gasteiger partial charge in [0.15, 0.2) is 5.82 Å². The second-order valence-electron chi connectivity index (χ2n) is 4.35.